The number of primary sulfonamides is 1. The zero-order valence-corrected chi connectivity index (χ0v) is 39.8. The maximum atomic E-state index is 14.0. The highest BCUT2D eigenvalue weighted by Gasteiger charge is 2.42. The van der Waals surface area contributed by atoms with Gasteiger partial charge in [-0.05, 0) is 111 Å². The van der Waals surface area contributed by atoms with E-state index in [9.17, 15) is 45.6 Å². The number of alkyl halides is 3. The fourth-order valence-corrected chi connectivity index (χ4v) is 10.00. The second-order valence-corrected chi connectivity index (χ2v) is 19.7. The molecule has 19 nitrogen and oxygen atoms in total. The first-order valence-electron chi connectivity index (χ1n) is 22.7. The van der Waals surface area contributed by atoms with Gasteiger partial charge in [-0.2, -0.15) is 30.0 Å². The lowest BCUT2D eigenvalue weighted by atomic mass is 10.0. The van der Waals surface area contributed by atoms with E-state index in [1.807, 2.05) is 11.8 Å². The number of hydrogen-bond acceptors (Lipinski definition) is 11. The number of amides is 5. The lowest BCUT2D eigenvalue weighted by Crippen LogP contribution is -2.43. The minimum absolute atomic E-state index is 0.00685. The molecule has 374 valence electrons. The van der Waals surface area contributed by atoms with Crippen LogP contribution in [0.15, 0.2) is 82.8 Å². The summed E-state index contributed by atoms with van der Waals surface area (Å²) in [5, 5.41) is 27.2. The summed E-state index contributed by atoms with van der Waals surface area (Å²) < 4.78 is 72.3. The van der Waals surface area contributed by atoms with Gasteiger partial charge in [-0.1, -0.05) is 42.2 Å². The summed E-state index contributed by atoms with van der Waals surface area (Å²) in [7, 11) is -4.10. The van der Waals surface area contributed by atoms with Gasteiger partial charge >= 0.3 is 18.2 Å². The molecular formula is C46H54F3N11O8S2. The van der Waals surface area contributed by atoms with E-state index in [0.29, 0.717) is 43.0 Å². The number of rotatable bonds is 24. The van der Waals surface area contributed by atoms with Gasteiger partial charge < -0.3 is 31.3 Å². The van der Waals surface area contributed by atoms with Gasteiger partial charge in [0.1, 0.15) is 11.8 Å². The van der Waals surface area contributed by atoms with E-state index in [1.54, 1.807) is 6.92 Å². The molecule has 5 amide bonds. The van der Waals surface area contributed by atoms with Crippen molar-refractivity contribution in [1.82, 2.24) is 36.4 Å². The molecule has 2 aliphatic heterocycles. The smallest absolute Gasteiger partial charge is 0.425 e. The van der Waals surface area contributed by atoms with Crippen LogP contribution in [0.2, 0.25) is 0 Å². The van der Waals surface area contributed by atoms with Crippen LogP contribution >= 0.6 is 11.8 Å². The van der Waals surface area contributed by atoms with E-state index >= 15 is 0 Å². The summed E-state index contributed by atoms with van der Waals surface area (Å²) in [5.74, 6) is -0.802. The second-order valence-electron chi connectivity index (χ2n) is 16.9. The van der Waals surface area contributed by atoms with E-state index in [4.69, 9.17) is 15.4 Å². The Kier molecular flexibility index (Phi) is 18.3. The Bertz CT molecular complexity index is 2680. The number of nitrogens with two attached hydrogens (primary N) is 1. The zero-order chi connectivity index (χ0) is 50.4. The molecule has 0 unspecified atom stereocenters. The van der Waals surface area contributed by atoms with Crippen molar-refractivity contribution in [3.8, 4) is 22.7 Å². The molecule has 2 saturated heterocycles. The van der Waals surface area contributed by atoms with E-state index in [0.717, 1.165) is 60.7 Å². The normalized spacial score (nSPS) is 16.8. The molecule has 4 atom stereocenters. The molecule has 2 aliphatic rings. The van der Waals surface area contributed by atoms with Crippen LogP contribution in [0, 0.1) is 6.92 Å². The van der Waals surface area contributed by atoms with E-state index < -0.39 is 39.8 Å². The SMILES string of the molecule is Cc1ccc(-c2cc(C(F)(F)F)nn2-c2ccc(S(N)(=O)=O)cc2)cc1OC(=O)[C@H](CCCCNC(=O)CCCCCNC(=O)CCCC[C@@H]1SC[C@@H]2NC(=O)N[C@@H]21)NC(=O)c1ccc(N=[N+]=[N-])cc1. The average molecular weight is 1010 g/mol. The van der Waals surface area contributed by atoms with Crippen LogP contribution in [0.1, 0.15) is 92.2 Å². The Labute approximate surface area is 406 Å². The fourth-order valence-electron chi connectivity index (χ4n) is 7.94. The number of aromatic nitrogens is 2. The number of urea groups is 1. The molecule has 0 aliphatic carbocycles. The predicted octanol–water partition coefficient (Wildman–Crippen LogP) is 6.85. The standard InChI is InChI=1S/C46H54F3N11O8S2/c1-28-13-14-30(36-26-39(46(47,48)49)58-60(36)32-19-21-33(22-20-32)70(51,66)67)25-37(28)68-44(64)34(54-43(63)29-15-17-31(18-16-29)57-59-50)9-6-8-24-53-40(61)11-3-2-7-23-52-41(62)12-5-4-10-38-42-35(27-69-38)55-45(65)56-42/h13-22,25-26,34-35,38,42H,2-12,23-24,27H2,1H3,(H,52,62)(H,53,61)(H,54,63)(H2,51,66,67)(H2,55,56,65)/t34-,35-,38-,42-/m0/s1. The maximum Gasteiger partial charge on any atom is 0.435 e. The maximum absolute atomic E-state index is 14.0. The highest BCUT2D eigenvalue weighted by Crippen LogP contribution is 2.36. The predicted molar refractivity (Wildman–Crippen MR) is 255 cm³/mol. The van der Waals surface area contributed by atoms with Crippen LogP contribution in [-0.4, -0.2) is 90.1 Å². The van der Waals surface area contributed by atoms with Crippen molar-refractivity contribution in [1.29, 1.82) is 0 Å². The van der Waals surface area contributed by atoms with E-state index in [2.05, 4.69) is 41.7 Å². The molecule has 2 fully saturated rings. The number of nitrogens with zero attached hydrogens (tertiary/aromatic N) is 5. The number of unbranched alkanes of at least 4 members (excludes halogenated alkanes) is 4. The molecule has 7 N–H and O–H groups in total. The first-order valence-corrected chi connectivity index (χ1v) is 25.3. The molecule has 1 aromatic heterocycles. The van der Waals surface area contributed by atoms with Gasteiger partial charge in [0.05, 0.1) is 28.4 Å². The number of azide groups is 1. The van der Waals surface area contributed by atoms with Gasteiger partial charge in [0.15, 0.2) is 5.69 Å². The number of aryl methyl sites for hydroxylation is 1. The lowest BCUT2D eigenvalue weighted by Gasteiger charge is -2.19. The minimum atomic E-state index is -4.85. The summed E-state index contributed by atoms with van der Waals surface area (Å²) in [4.78, 5) is 66.2. The Morgan fingerprint density at radius 2 is 1.60 bits per heavy atom. The number of benzene rings is 3. The van der Waals surface area contributed by atoms with E-state index in [1.165, 1.54) is 54.6 Å². The van der Waals surface area contributed by atoms with Crippen molar-refractivity contribution in [2.45, 2.75) is 112 Å². The van der Waals surface area contributed by atoms with Crippen LogP contribution in [-0.2, 0) is 30.6 Å². The zero-order valence-electron chi connectivity index (χ0n) is 38.2. The van der Waals surface area contributed by atoms with Gasteiger partial charge in [0, 0.05) is 58.7 Å². The number of sulfonamides is 1. The third-order valence-corrected chi connectivity index (χ3v) is 14.1. The molecular weight excluding hydrogens is 956 g/mol. The van der Waals surface area contributed by atoms with E-state index in [-0.39, 0.29) is 88.2 Å². The Morgan fingerprint density at radius 3 is 2.26 bits per heavy atom. The Hall–Kier alpha value is -6.62. The number of thioether (sulfide) groups is 1. The van der Waals surface area contributed by atoms with Gasteiger partial charge in [-0.3, -0.25) is 14.4 Å². The first-order chi connectivity index (χ1) is 33.4. The van der Waals surface area contributed by atoms with Gasteiger partial charge in [-0.25, -0.2) is 27.8 Å². The van der Waals surface area contributed by atoms with Crippen molar-refractivity contribution in [3.63, 3.8) is 0 Å². The number of esters is 1. The molecule has 70 heavy (non-hydrogen) atoms. The number of ether oxygens (including phenoxy) is 1. The van der Waals surface area contributed by atoms with Crippen molar-refractivity contribution in [2.75, 3.05) is 18.8 Å². The number of hydrogen-bond donors (Lipinski definition) is 6. The lowest BCUT2D eigenvalue weighted by molar-refractivity contribution is -0.141. The molecule has 0 bridgehead atoms. The Morgan fingerprint density at radius 1 is 0.929 bits per heavy atom. The summed E-state index contributed by atoms with van der Waals surface area (Å²) in [6, 6.07) is 14.6. The molecule has 0 radical (unpaired) electrons. The summed E-state index contributed by atoms with van der Waals surface area (Å²) in [6.07, 6.45) is 1.46. The van der Waals surface area contributed by atoms with Crippen molar-refractivity contribution >= 4 is 57.2 Å². The number of carbonyl (C=O) groups excluding carboxylic acids is 5. The van der Waals surface area contributed by atoms with Crippen molar-refractivity contribution in [2.24, 2.45) is 10.3 Å². The third-order valence-electron chi connectivity index (χ3n) is 11.7. The quantitative estimate of drug-likeness (QED) is 0.00808. The number of carbonyl (C=O) groups is 5. The topological polar surface area (TPSA) is 281 Å². The highest BCUT2D eigenvalue weighted by molar-refractivity contribution is 8.00. The monoisotopic (exact) mass is 1010 g/mol. The second kappa shape index (κ2) is 24.3. The summed E-state index contributed by atoms with van der Waals surface area (Å²) in [5.41, 5.74) is 8.52. The third kappa shape index (κ3) is 14.9. The van der Waals surface area contributed by atoms with Crippen LogP contribution in [0.25, 0.3) is 27.4 Å². The van der Waals surface area contributed by atoms with Crippen LogP contribution in [0.5, 0.6) is 5.75 Å². The molecule has 6 rings (SSSR count). The van der Waals surface area contributed by atoms with Crippen LogP contribution < -0.4 is 36.5 Å². The van der Waals surface area contributed by atoms with Crippen molar-refractivity contribution < 1.29 is 50.3 Å². The minimum Gasteiger partial charge on any atom is -0.425 e. The molecule has 24 heteroatoms. The Balaban J connectivity index is 0.989. The number of halogens is 3. The first kappa shape index (κ1) is 52.7. The molecule has 3 heterocycles. The molecule has 3 aromatic carbocycles. The molecule has 0 saturated carbocycles. The van der Waals surface area contributed by atoms with Crippen molar-refractivity contribution in [3.05, 3.63) is 100 Å². The van der Waals surface area contributed by atoms with Gasteiger partial charge in [0.2, 0.25) is 21.8 Å². The van der Waals surface area contributed by atoms with Gasteiger partial charge in [-0.15, -0.1) is 0 Å². The summed E-state index contributed by atoms with van der Waals surface area (Å²) >= 11 is 1.85. The van der Waals surface area contributed by atoms with Crippen LogP contribution in [0.4, 0.5) is 23.7 Å². The largest absolute Gasteiger partial charge is 0.435 e. The number of nitrogens with one attached hydrogen (secondary N) is 5. The number of fused-ring (bicyclic) bond motifs is 1. The fraction of sp³-hybridized carbons (Fsp3) is 0.435. The summed E-state index contributed by atoms with van der Waals surface area (Å²) in [6.45, 7) is 2.42. The average Bonchev–Trinajstić information content (AvgIpc) is 4.04. The van der Waals surface area contributed by atoms with Crippen LogP contribution in [0.3, 0.4) is 0 Å². The molecule has 4 aromatic rings. The highest BCUT2D eigenvalue weighted by atomic mass is 32.2. The van der Waals surface area contributed by atoms with Gasteiger partial charge in [0.25, 0.3) is 5.91 Å². The molecule has 0 spiro atoms.